The number of hydrogen-bond acceptors (Lipinski definition) is 5. The van der Waals surface area contributed by atoms with E-state index in [2.05, 4.69) is 4.98 Å². The number of methoxy groups -OCH3 is 1. The normalized spacial score (nSPS) is 12.5. The predicted molar refractivity (Wildman–Crippen MR) is 126 cm³/mol. The Balaban J connectivity index is 1.32. The topological polar surface area (TPSA) is 62.6 Å². The summed E-state index contributed by atoms with van der Waals surface area (Å²) in [7, 11) is 1.59. The highest BCUT2D eigenvalue weighted by Crippen LogP contribution is 2.34. The maximum atomic E-state index is 14.6. The molecule has 0 N–H and O–H groups in total. The van der Waals surface area contributed by atoms with Crippen molar-refractivity contribution in [3.63, 3.8) is 0 Å². The van der Waals surface area contributed by atoms with E-state index in [1.54, 1.807) is 17.7 Å². The van der Waals surface area contributed by atoms with E-state index in [0.717, 1.165) is 35.1 Å². The Kier molecular flexibility index (Phi) is 6.32. The minimum absolute atomic E-state index is 0.0876. The van der Waals surface area contributed by atoms with Gasteiger partial charge in [0.25, 0.3) is 0 Å². The second kappa shape index (κ2) is 9.61. The molecular formula is C27H20F4N2O4. The standard InChI is InChI=1S/C27H20F4N2O4/c1-35-19-6-7-21-17(12-19)9-10-33-23(21)14-25(32-26(33)34)36-15-16-5-8-24(22(28)11-16)37-20-4-2-3-18(13-20)27(29,30)31/h2-8,11-14H,9-10,15H2,1H3. The minimum Gasteiger partial charge on any atom is -0.497 e. The van der Waals surface area contributed by atoms with Crippen LogP contribution in [0, 0.1) is 5.82 Å². The first-order valence-electron chi connectivity index (χ1n) is 11.3. The van der Waals surface area contributed by atoms with Crippen LogP contribution in [0.3, 0.4) is 0 Å². The summed E-state index contributed by atoms with van der Waals surface area (Å²) in [5.74, 6) is -0.346. The van der Waals surface area contributed by atoms with Crippen molar-refractivity contribution < 1.29 is 31.8 Å². The van der Waals surface area contributed by atoms with Gasteiger partial charge in [-0.25, -0.2) is 9.18 Å². The van der Waals surface area contributed by atoms with Crippen LogP contribution in [0.15, 0.2) is 71.5 Å². The molecule has 0 unspecified atom stereocenters. The maximum Gasteiger partial charge on any atom is 0.416 e. The number of aryl methyl sites for hydroxylation is 1. The van der Waals surface area contributed by atoms with Gasteiger partial charge in [0, 0.05) is 18.2 Å². The molecule has 1 aliphatic rings. The summed E-state index contributed by atoms with van der Waals surface area (Å²) in [6, 6.07) is 15.4. The molecule has 0 amide bonds. The number of fused-ring (bicyclic) bond motifs is 3. The second-order valence-electron chi connectivity index (χ2n) is 8.37. The fourth-order valence-corrected chi connectivity index (χ4v) is 4.12. The van der Waals surface area contributed by atoms with E-state index < -0.39 is 23.2 Å². The Hall–Kier alpha value is -4.34. The maximum absolute atomic E-state index is 14.6. The molecule has 0 bridgehead atoms. The van der Waals surface area contributed by atoms with E-state index in [-0.39, 0.29) is 24.0 Å². The van der Waals surface area contributed by atoms with Crippen LogP contribution in [-0.2, 0) is 25.7 Å². The van der Waals surface area contributed by atoms with E-state index in [0.29, 0.717) is 24.2 Å². The fourth-order valence-electron chi connectivity index (χ4n) is 4.12. The van der Waals surface area contributed by atoms with Crippen LogP contribution in [0.1, 0.15) is 16.7 Å². The Bertz CT molecular complexity index is 1530. The Labute approximate surface area is 208 Å². The van der Waals surface area contributed by atoms with Crippen molar-refractivity contribution in [1.82, 2.24) is 9.55 Å². The molecule has 3 aromatic carbocycles. The molecule has 190 valence electrons. The molecule has 10 heteroatoms. The van der Waals surface area contributed by atoms with Crippen molar-refractivity contribution >= 4 is 0 Å². The molecule has 1 aromatic heterocycles. The number of halogens is 4. The van der Waals surface area contributed by atoms with Gasteiger partial charge in [-0.05, 0) is 66.1 Å². The fraction of sp³-hybridized carbons (Fsp3) is 0.185. The molecule has 0 radical (unpaired) electrons. The number of ether oxygens (including phenoxy) is 3. The quantitative estimate of drug-likeness (QED) is 0.297. The monoisotopic (exact) mass is 512 g/mol. The zero-order valence-corrected chi connectivity index (χ0v) is 19.5. The highest BCUT2D eigenvalue weighted by Gasteiger charge is 2.30. The van der Waals surface area contributed by atoms with Gasteiger partial charge in [-0.1, -0.05) is 12.1 Å². The number of aromatic nitrogens is 2. The third-order valence-electron chi connectivity index (χ3n) is 5.95. The highest BCUT2D eigenvalue weighted by molar-refractivity contribution is 5.67. The van der Waals surface area contributed by atoms with E-state index in [1.807, 2.05) is 18.2 Å². The lowest BCUT2D eigenvalue weighted by Gasteiger charge is -2.22. The SMILES string of the molecule is COc1ccc2c(c1)CCn1c-2cc(OCc2ccc(Oc3cccc(C(F)(F)F)c3)c(F)c2)nc1=O. The number of nitrogens with zero attached hydrogens (tertiary/aromatic N) is 2. The molecule has 1 aliphatic heterocycles. The Morgan fingerprint density at radius 1 is 1.00 bits per heavy atom. The Morgan fingerprint density at radius 3 is 2.59 bits per heavy atom. The molecule has 0 aliphatic carbocycles. The molecule has 37 heavy (non-hydrogen) atoms. The minimum atomic E-state index is -4.54. The number of benzene rings is 3. The second-order valence-corrected chi connectivity index (χ2v) is 8.37. The van der Waals surface area contributed by atoms with E-state index in [4.69, 9.17) is 14.2 Å². The average molecular weight is 512 g/mol. The molecule has 6 nitrogen and oxygen atoms in total. The summed E-state index contributed by atoms with van der Waals surface area (Å²) in [6.45, 7) is 0.381. The molecule has 0 saturated carbocycles. The van der Waals surface area contributed by atoms with Crippen molar-refractivity contribution in [3.05, 3.63) is 99.7 Å². The molecule has 5 rings (SSSR count). The molecule has 4 aromatic rings. The van der Waals surface area contributed by atoms with Crippen molar-refractivity contribution in [2.45, 2.75) is 25.7 Å². The molecule has 0 fully saturated rings. The molecule has 0 spiro atoms. The van der Waals surface area contributed by atoms with E-state index in [1.165, 1.54) is 24.3 Å². The van der Waals surface area contributed by atoms with Gasteiger partial charge < -0.3 is 14.2 Å². The lowest BCUT2D eigenvalue weighted by molar-refractivity contribution is -0.137. The van der Waals surface area contributed by atoms with Crippen LogP contribution in [0.25, 0.3) is 11.3 Å². The first-order chi connectivity index (χ1) is 17.7. The third kappa shape index (κ3) is 5.13. The lowest BCUT2D eigenvalue weighted by atomic mass is 9.97. The van der Waals surface area contributed by atoms with Crippen LogP contribution in [0.4, 0.5) is 17.6 Å². The summed E-state index contributed by atoms with van der Waals surface area (Å²) in [5, 5.41) is 0. The van der Waals surface area contributed by atoms with Crippen molar-refractivity contribution in [2.75, 3.05) is 7.11 Å². The predicted octanol–water partition coefficient (Wildman–Crippen LogP) is 6.00. The van der Waals surface area contributed by atoms with Gasteiger partial charge in [-0.15, -0.1) is 0 Å². The highest BCUT2D eigenvalue weighted by atomic mass is 19.4. The van der Waals surface area contributed by atoms with Gasteiger partial charge >= 0.3 is 11.9 Å². The number of alkyl halides is 3. The summed E-state index contributed by atoms with van der Waals surface area (Å²) in [4.78, 5) is 16.6. The summed E-state index contributed by atoms with van der Waals surface area (Å²) >= 11 is 0. The summed E-state index contributed by atoms with van der Waals surface area (Å²) < 4.78 is 71.2. The van der Waals surface area contributed by atoms with Gasteiger partial charge in [-0.3, -0.25) is 4.57 Å². The zero-order valence-electron chi connectivity index (χ0n) is 19.5. The molecule has 0 atom stereocenters. The number of hydrogen-bond donors (Lipinski definition) is 0. The van der Waals surface area contributed by atoms with Crippen molar-refractivity contribution in [2.24, 2.45) is 0 Å². The van der Waals surface area contributed by atoms with Crippen LogP contribution in [0.5, 0.6) is 23.1 Å². The van der Waals surface area contributed by atoms with Crippen LogP contribution < -0.4 is 19.9 Å². The largest absolute Gasteiger partial charge is 0.497 e. The van der Waals surface area contributed by atoms with Crippen LogP contribution in [0.2, 0.25) is 0 Å². The third-order valence-corrected chi connectivity index (χ3v) is 5.95. The zero-order chi connectivity index (χ0) is 26.2. The first-order valence-corrected chi connectivity index (χ1v) is 11.3. The average Bonchev–Trinajstić information content (AvgIpc) is 2.88. The van der Waals surface area contributed by atoms with Crippen LogP contribution >= 0.6 is 0 Å². The lowest BCUT2D eigenvalue weighted by Crippen LogP contribution is -2.28. The molecule has 2 heterocycles. The van der Waals surface area contributed by atoms with Crippen LogP contribution in [-0.4, -0.2) is 16.7 Å². The summed E-state index contributed by atoms with van der Waals surface area (Å²) in [5.41, 5.74) is 1.64. The van der Waals surface area contributed by atoms with Gasteiger partial charge in [0.15, 0.2) is 11.6 Å². The molecular weight excluding hydrogens is 492 g/mol. The van der Waals surface area contributed by atoms with Crippen molar-refractivity contribution in [1.29, 1.82) is 0 Å². The summed E-state index contributed by atoms with van der Waals surface area (Å²) in [6.07, 6.45) is -3.88. The molecule has 0 saturated heterocycles. The smallest absolute Gasteiger partial charge is 0.416 e. The van der Waals surface area contributed by atoms with Gasteiger partial charge in [0.1, 0.15) is 18.1 Å². The van der Waals surface area contributed by atoms with Crippen molar-refractivity contribution in [3.8, 4) is 34.4 Å². The van der Waals surface area contributed by atoms with Gasteiger partial charge in [0.05, 0.1) is 18.4 Å². The van der Waals surface area contributed by atoms with Gasteiger partial charge in [-0.2, -0.15) is 18.2 Å². The number of rotatable bonds is 6. The Morgan fingerprint density at radius 2 is 1.84 bits per heavy atom. The van der Waals surface area contributed by atoms with Gasteiger partial charge in [0.2, 0.25) is 5.88 Å². The van der Waals surface area contributed by atoms with E-state index >= 15 is 0 Å². The van der Waals surface area contributed by atoms with E-state index in [9.17, 15) is 22.4 Å². The first kappa shape index (κ1) is 24.4.